The number of hydrogen-bond acceptors (Lipinski definition) is 3. The second kappa shape index (κ2) is 8.23. The molecule has 2 aromatic rings. The number of piperazine rings is 1. The van der Waals surface area contributed by atoms with E-state index in [1.54, 1.807) is 11.0 Å². The number of amides is 1. The lowest BCUT2D eigenvalue weighted by atomic mass is 9.89. The van der Waals surface area contributed by atoms with Crippen LogP contribution in [0.15, 0.2) is 48.6 Å². The summed E-state index contributed by atoms with van der Waals surface area (Å²) in [6.45, 7) is 6.24. The lowest BCUT2D eigenvalue weighted by Crippen LogP contribution is -2.50. The summed E-state index contributed by atoms with van der Waals surface area (Å²) >= 11 is 0. The Balaban J connectivity index is 1.29. The summed E-state index contributed by atoms with van der Waals surface area (Å²) in [5.74, 6) is -1.07. The molecule has 152 valence electrons. The van der Waals surface area contributed by atoms with E-state index in [0.717, 1.165) is 25.3 Å². The molecule has 0 radical (unpaired) electrons. The lowest BCUT2D eigenvalue weighted by Gasteiger charge is -2.36. The molecule has 0 atom stereocenters. The number of allylic oxidation sites excluding steroid dienone is 1. The number of carbonyl (C=O) groups excluding carboxylic acids is 1. The van der Waals surface area contributed by atoms with Gasteiger partial charge in [-0.15, -0.1) is 0 Å². The van der Waals surface area contributed by atoms with Crippen molar-refractivity contribution in [2.24, 2.45) is 0 Å². The molecule has 6 heteroatoms. The molecule has 0 N–H and O–H groups in total. The number of ether oxygens (including phenoxy) is 1. The molecule has 29 heavy (non-hydrogen) atoms. The van der Waals surface area contributed by atoms with E-state index in [9.17, 15) is 13.6 Å². The van der Waals surface area contributed by atoms with Crippen molar-refractivity contribution in [3.05, 3.63) is 71.3 Å². The second-order valence-corrected chi connectivity index (χ2v) is 7.61. The van der Waals surface area contributed by atoms with E-state index in [1.807, 2.05) is 17.0 Å². The normalized spacial score (nSPS) is 16.6. The maximum Gasteiger partial charge on any atom is 0.260 e. The van der Waals surface area contributed by atoms with Crippen molar-refractivity contribution in [1.29, 1.82) is 0 Å². The fourth-order valence-corrected chi connectivity index (χ4v) is 3.90. The second-order valence-electron chi connectivity index (χ2n) is 7.61. The van der Waals surface area contributed by atoms with Crippen molar-refractivity contribution in [2.75, 3.05) is 37.7 Å². The summed E-state index contributed by atoms with van der Waals surface area (Å²) in [5, 5.41) is 0. The number of nitrogens with zero attached hydrogens (tertiary/aromatic N) is 2. The molecule has 1 heterocycles. The van der Waals surface area contributed by atoms with E-state index in [4.69, 9.17) is 4.74 Å². The maximum absolute atomic E-state index is 13.4. The number of fused-ring (bicyclic) bond motifs is 1. The third kappa shape index (κ3) is 4.42. The van der Waals surface area contributed by atoms with E-state index in [1.165, 1.54) is 22.8 Å². The van der Waals surface area contributed by atoms with Crippen LogP contribution in [0.25, 0.3) is 0 Å². The molecule has 0 aromatic heterocycles. The Kier molecular flexibility index (Phi) is 5.51. The van der Waals surface area contributed by atoms with Gasteiger partial charge in [-0.2, -0.15) is 0 Å². The molecule has 1 fully saturated rings. The summed E-state index contributed by atoms with van der Waals surface area (Å²) in [7, 11) is 0. The summed E-state index contributed by atoms with van der Waals surface area (Å²) < 4.78 is 32.3. The van der Waals surface area contributed by atoms with Crippen LogP contribution in [-0.2, 0) is 17.6 Å². The number of hydrogen-bond donors (Lipinski definition) is 0. The van der Waals surface area contributed by atoms with Crippen molar-refractivity contribution < 1.29 is 18.3 Å². The van der Waals surface area contributed by atoms with Gasteiger partial charge in [-0.3, -0.25) is 4.79 Å². The lowest BCUT2D eigenvalue weighted by molar-refractivity contribution is -0.133. The number of carbonyl (C=O) groups is 1. The van der Waals surface area contributed by atoms with Crippen molar-refractivity contribution in [3.63, 3.8) is 0 Å². The minimum atomic E-state index is -0.858. The van der Waals surface area contributed by atoms with Gasteiger partial charge in [0.15, 0.2) is 18.2 Å². The molecule has 1 saturated heterocycles. The van der Waals surface area contributed by atoms with Crippen LogP contribution in [0.2, 0.25) is 0 Å². The van der Waals surface area contributed by atoms with E-state index < -0.39 is 11.6 Å². The molecular weight excluding hydrogens is 374 g/mol. The number of benzene rings is 2. The first-order chi connectivity index (χ1) is 14.0. The first kappa shape index (κ1) is 19.4. The third-order valence-corrected chi connectivity index (χ3v) is 5.63. The minimum absolute atomic E-state index is 0.00330. The van der Waals surface area contributed by atoms with Gasteiger partial charge in [0.2, 0.25) is 0 Å². The van der Waals surface area contributed by atoms with Gasteiger partial charge < -0.3 is 14.5 Å². The average molecular weight is 398 g/mol. The summed E-state index contributed by atoms with van der Waals surface area (Å²) in [4.78, 5) is 16.2. The van der Waals surface area contributed by atoms with Crippen LogP contribution >= 0.6 is 0 Å². The fraction of sp³-hybridized carbons (Fsp3) is 0.348. The Bertz CT molecular complexity index is 936. The predicted molar refractivity (Wildman–Crippen MR) is 108 cm³/mol. The number of anilines is 1. The van der Waals surface area contributed by atoms with Gasteiger partial charge in [0.25, 0.3) is 5.91 Å². The monoisotopic (exact) mass is 398 g/mol. The standard InChI is InChI=1S/C23H24F2N2O2/c1-16-2-3-18-13-20(6-4-17(18)12-16)29-15-23(28)27-10-8-26(9-11-27)19-5-7-21(24)22(25)14-19/h4-7,13-14H,1-3,8-12,15H2. The van der Waals surface area contributed by atoms with Gasteiger partial charge in [-0.25, -0.2) is 8.78 Å². The highest BCUT2D eigenvalue weighted by Crippen LogP contribution is 2.27. The van der Waals surface area contributed by atoms with Gasteiger partial charge in [0, 0.05) is 37.9 Å². The zero-order valence-electron chi connectivity index (χ0n) is 16.3. The highest BCUT2D eigenvalue weighted by molar-refractivity contribution is 5.78. The van der Waals surface area contributed by atoms with Crippen LogP contribution in [-0.4, -0.2) is 43.6 Å². The van der Waals surface area contributed by atoms with Crippen LogP contribution in [0.5, 0.6) is 5.75 Å². The first-order valence-electron chi connectivity index (χ1n) is 9.88. The Morgan fingerprint density at radius 3 is 2.52 bits per heavy atom. The van der Waals surface area contributed by atoms with Gasteiger partial charge in [0.05, 0.1) is 0 Å². The van der Waals surface area contributed by atoms with E-state index in [-0.39, 0.29) is 12.5 Å². The Hall–Kier alpha value is -2.89. The van der Waals surface area contributed by atoms with Gasteiger partial charge >= 0.3 is 0 Å². The van der Waals surface area contributed by atoms with Crippen molar-refractivity contribution >= 4 is 11.6 Å². The molecule has 0 unspecified atom stereocenters. The van der Waals surface area contributed by atoms with Crippen molar-refractivity contribution in [3.8, 4) is 5.75 Å². The third-order valence-electron chi connectivity index (χ3n) is 5.63. The quantitative estimate of drug-likeness (QED) is 0.736. The molecule has 2 aliphatic rings. The van der Waals surface area contributed by atoms with Crippen LogP contribution in [0.3, 0.4) is 0 Å². The fourth-order valence-electron chi connectivity index (χ4n) is 3.90. The molecule has 2 aromatic carbocycles. The highest BCUT2D eigenvalue weighted by atomic mass is 19.2. The molecule has 4 rings (SSSR count). The average Bonchev–Trinajstić information content (AvgIpc) is 2.74. The summed E-state index contributed by atoms with van der Waals surface area (Å²) in [6.07, 6.45) is 2.87. The number of halogens is 2. The Labute approximate surface area is 169 Å². The minimum Gasteiger partial charge on any atom is -0.484 e. The van der Waals surface area contributed by atoms with Gasteiger partial charge in [-0.1, -0.05) is 18.2 Å². The van der Waals surface area contributed by atoms with Crippen LogP contribution in [0.1, 0.15) is 17.5 Å². The van der Waals surface area contributed by atoms with Crippen molar-refractivity contribution in [2.45, 2.75) is 19.3 Å². The summed E-state index contributed by atoms with van der Waals surface area (Å²) in [5.41, 5.74) is 4.43. The Morgan fingerprint density at radius 2 is 1.76 bits per heavy atom. The summed E-state index contributed by atoms with van der Waals surface area (Å²) in [6, 6.07) is 9.87. The topological polar surface area (TPSA) is 32.8 Å². The molecule has 0 saturated carbocycles. The van der Waals surface area contributed by atoms with Crippen LogP contribution in [0.4, 0.5) is 14.5 Å². The predicted octanol–water partition coefficient (Wildman–Crippen LogP) is 3.74. The van der Waals surface area contributed by atoms with Crippen LogP contribution in [0, 0.1) is 11.6 Å². The Morgan fingerprint density at radius 1 is 0.966 bits per heavy atom. The van der Waals surface area contributed by atoms with Crippen LogP contribution < -0.4 is 9.64 Å². The van der Waals surface area contributed by atoms with Crippen molar-refractivity contribution in [1.82, 2.24) is 4.90 Å². The maximum atomic E-state index is 13.4. The van der Waals surface area contributed by atoms with Gasteiger partial charge in [-0.05, 0) is 54.7 Å². The molecule has 4 nitrogen and oxygen atoms in total. The van der Waals surface area contributed by atoms with Gasteiger partial charge in [0.1, 0.15) is 5.75 Å². The number of rotatable bonds is 4. The van der Waals surface area contributed by atoms with E-state index >= 15 is 0 Å². The molecule has 1 aliphatic heterocycles. The number of aryl methyl sites for hydroxylation is 1. The molecule has 1 amide bonds. The zero-order chi connectivity index (χ0) is 20.4. The molecule has 1 aliphatic carbocycles. The van der Waals surface area contributed by atoms with E-state index in [2.05, 4.69) is 12.6 Å². The molecular formula is C23H24F2N2O2. The van der Waals surface area contributed by atoms with E-state index in [0.29, 0.717) is 37.6 Å². The molecule has 0 spiro atoms. The zero-order valence-corrected chi connectivity index (χ0v) is 16.3. The first-order valence-corrected chi connectivity index (χ1v) is 9.88. The molecule has 0 bridgehead atoms. The smallest absolute Gasteiger partial charge is 0.260 e. The highest BCUT2D eigenvalue weighted by Gasteiger charge is 2.22. The SMILES string of the molecule is C=C1CCc2cc(OCC(=O)N3CCN(c4ccc(F)c(F)c4)CC3)ccc2C1. The largest absolute Gasteiger partial charge is 0.484 e.